The molecular weight excluding hydrogens is 178 g/mol. The average molecular weight is 195 g/mol. The molecule has 14 heavy (non-hydrogen) atoms. The van der Waals surface area contributed by atoms with Crippen molar-refractivity contribution >= 4 is 5.91 Å². The Labute approximate surface area is 84.7 Å². The van der Waals surface area contributed by atoms with Gasteiger partial charge in [0.25, 0.3) is 5.91 Å². The Balaban J connectivity index is 2.35. The second-order valence-electron chi connectivity index (χ2n) is 4.77. The molecule has 0 aliphatic carbocycles. The number of hydrogen-bond acceptors (Lipinski definition) is 2. The van der Waals surface area contributed by atoms with Crippen LogP contribution in [0.1, 0.15) is 34.1 Å². The predicted octanol–water partition coefficient (Wildman–Crippen LogP) is 1.69. The number of rotatable bonds is 0. The molecule has 0 N–H and O–H groups in total. The van der Waals surface area contributed by atoms with Gasteiger partial charge in [0.1, 0.15) is 5.72 Å². The molecule has 78 valence electrons. The quantitative estimate of drug-likeness (QED) is 0.550. The van der Waals surface area contributed by atoms with Gasteiger partial charge in [-0.25, -0.2) is 0 Å². The highest BCUT2D eigenvalue weighted by Gasteiger charge is 2.49. The van der Waals surface area contributed by atoms with Crippen molar-refractivity contribution in [3.05, 3.63) is 11.1 Å². The molecule has 2 heterocycles. The third-order valence-corrected chi connectivity index (χ3v) is 3.09. The lowest BCUT2D eigenvalue weighted by Gasteiger charge is -2.28. The van der Waals surface area contributed by atoms with Gasteiger partial charge in [-0.1, -0.05) is 5.57 Å². The summed E-state index contributed by atoms with van der Waals surface area (Å²) < 4.78 is 5.59. The summed E-state index contributed by atoms with van der Waals surface area (Å²) in [6.45, 7) is 8.60. The number of ether oxygens (including phenoxy) is 1. The van der Waals surface area contributed by atoms with E-state index in [-0.39, 0.29) is 11.9 Å². The largest absolute Gasteiger partial charge is 0.354 e. The fourth-order valence-corrected chi connectivity index (χ4v) is 2.33. The van der Waals surface area contributed by atoms with E-state index in [2.05, 4.69) is 0 Å². The van der Waals surface area contributed by atoms with Gasteiger partial charge < -0.3 is 9.64 Å². The molecule has 2 aliphatic rings. The van der Waals surface area contributed by atoms with Crippen LogP contribution in [0.25, 0.3) is 0 Å². The number of fused-ring (bicyclic) bond motifs is 1. The fourth-order valence-electron chi connectivity index (χ4n) is 2.33. The Morgan fingerprint density at radius 1 is 1.50 bits per heavy atom. The summed E-state index contributed by atoms with van der Waals surface area (Å²) in [6, 6.07) is 0.266. The van der Waals surface area contributed by atoms with Crippen LogP contribution in [0.5, 0.6) is 0 Å². The SMILES string of the molecule is CC(C)=C1CC2COC(C)(C)N2C1=O. The van der Waals surface area contributed by atoms with E-state index in [0.717, 1.165) is 17.6 Å². The standard InChI is InChI=1S/C11H17NO2/c1-7(2)9-5-8-6-14-11(3,4)12(8)10(9)13/h8H,5-6H2,1-4H3. The summed E-state index contributed by atoms with van der Waals surface area (Å²) in [5.41, 5.74) is 1.70. The van der Waals surface area contributed by atoms with Gasteiger partial charge in [0.15, 0.2) is 0 Å². The van der Waals surface area contributed by atoms with E-state index in [1.165, 1.54) is 0 Å². The van der Waals surface area contributed by atoms with E-state index >= 15 is 0 Å². The summed E-state index contributed by atoms with van der Waals surface area (Å²) >= 11 is 0. The first-order valence-corrected chi connectivity index (χ1v) is 5.07. The molecule has 0 aromatic heterocycles. The Morgan fingerprint density at radius 2 is 2.14 bits per heavy atom. The summed E-state index contributed by atoms with van der Waals surface area (Å²) in [4.78, 5) is 13.9. The van der Waals surface area contributed by atoms with Gasteiger partial charge in [-0.2, -0.15) is 0 Å². The van der Waals surface area contributed by atoms with Crippen molar-refractivity contribution in [3.8, 4) is 0 Å². The highest BCUT2D eigenvalue weighted by molar-refractivity contribution is 5.97. The van der Waals surface area contributed by atoms with Crippen molar-refractivity contribution in [3.63, 3.8) is 0 Å². The molecule has 1 unspecified atom stereocenters. The first kappa shape index (κ1) is 9.71. The van der Waals surface area contributed by atoms with Crippen molar-refractivity contribution in [2.75, 3.05) is 6.61 Å². The van der Waals surface area contributed by atoms with E-state index in [4.69, 9.17) is 4.74 Å². The molecule has 3 nitrogen and oxygen atoms in total. The number of nitrogens with zero attached hydrogens (tertiary/aromatic N) is 1. The van der Waals surface area contributed by atoms with E-state index in [9.17, 15) is 4.79 Å². The van der Waals surface area contributed by atoms with E-state index < -0.39 is 5.72 Å². The third-order valence-electron chi connectivity index (χ3n) is 3.09. The van der Waals surface area contributed by atoms with Gasteiger partial charge >= 0.3 is 0 Å². The molecule has 0 spiro atoms. The Kier molecular flexibility index (Phi) is 1.96. The minimum Gasteiger partial charge on any atom is -0.354 e. The molecule has 2 rings (SSSR count). The van der Waals surface area contributed by atoms with Crippen LogP contribution in [0.4, 0.5) is 0 Å². The molecule has 2 aliphatic heterocycles. The summed E-state index contributed by atoms with van der Waals surface area (Å²) in [5.74, 6) is 0.164. The lowest BCUT2D eigenvalue weighted by atomic mass is 10.1. The highest BCUT2D eigenvalue weighted by atomic mass is 16.5. The second-order valence-corrected chi connectivity index (χ2v) is 4.77. The van der Waals surface area contributed by atoms with Gasteiger partial charge in [-0.15, -0.1) is 0 Å². The molecular formula is C11H17NO2. The van der Waals surface area contributed by atoms with Gasteiger partial charge in [-0.05, 0) is 27.7 Å². The minimum atomic E-state index is -0.418. The van der Waals surface area contributed by atoms with Crippen molar-refractivity contribution in [2.45, 2.75) is 45.9 Å². The van der Waals surface area contributed by atoms with Crippen LogP contribution in [0.3, 0.4) is 0 Å². The third kappa shape index (κ3) is 1.19. The van der Waals surface area contributed by atoms with Gasteiger partial charge in [0, 0.05) is 12.0 Å². The van der Waals surface area contributed by atoms with Crippen LogP contribution in [-0.2, 0) is 9.53 Å². The zero-order valence-corrected chi connectivity index (χ0v) is 9.26. The summed E-state index contributed by atoms with van der Waals surface area (Å²) in [7, 11) is 0. The Hall–Kier alpha value is -0.830. The minimum absolute atomic E-state index is 0.164. The van der Waals surface area contributed by atoms with Crippen LogP contribution in [-0.4, -0.2) is 29.2 Å². The van der Waals surface area contributed by atoms with Crippen LogP contribution in [0.15, 0.2) is 11.1 Å². The lowest BCUT2D eigenvalue weighted by Crippen LogP contribution is -2.43. The van der Waals surface area contributed by atoms with E-state index in [1.807, 2.05) is 32.6 Å². The first-order valence-electron chi connectivity index (χ1n) is 5.07. The molecule has 0 saturated carbocycles. The molecule has 0 aromatic rings. The average Bonchev–Trinajstić information content (AvgIpc) is 2.52. The fraction of sp³-hybridized carbons (Fsp3) is 0.727. The van der Waals surface area contributed by atoms with Crippen molar-refractivity contribution in [1.82, 2.24) is 4.90 Å². The molecule has 1 amide bonds. The Bertz CT molecular complexity index is 313. The molecule has 2 saturated heterocycles. The van der Waals surface area contributed by atoms with Crippen molar-refractivity contribution < 1.29 is 9.53 Å². The molecule has 2 fully saturated rings. The molecule has 0 bridgehead atoms. The zero-order valence-electron chi connectivity index (χ0n) is 9.26. The molecule has 3 heteroatoms. The van der Waals surface area contributed by atoms with Crippen LogP contribution in [0.2, 0.25) is 0 Å². The predicted molar refractivity (Wildman–Crippen MR) is 53.7 cm³/mol. The second kappa shape index (κ2) is 2.83. The maximum Gasteiger partial charge on any atom is 0.252 e. The monoisotopic (exact) mass is 195 g/mol. The van der Waals surface area contributed by atoms with Gasteiger partial charge in [0.05, 0.1) is 12.6 Å². The number of hydrogen-bond donors (Lipinski definition) is 0. The van der Waals surface area contributed by atoms with E-state index in [0.29, 0.717) is 6.61 Å². The molecule has 0 radical (unpaired) electrons. The van der Waals surface area contributed by atoms with Crippen molar-refractivity contribution in [2.24, 2.45) is 0 Å². The van der Waals surface area contributed by atoms with Crippen LogP contribution < -0.4 is 0 Å². The zero-order chi connectivity index (χ0) is 10.5. The van der Waals surface area contributed by atoms with Crippen LogP contribution in [0, 0.1) is 0 Å². The first-order chi connectivity index (χ1) is 6.43. The normalized spacial score (nSPS) is 29.7. The number of amides is 1. The van der Waals surface area contributed by atoms with Gasteiger partial charge in [0.2, 0.25) is 0 Å². The van der Waals surface area contributed by atoms with Crippen molar-refractivity contribution in [1.29, 1.82) is 0 Å². The molecule has 1 atom stereocenters. The number of carbonyl (C=O) groups excluding carboxylic acids is 1. The summed E-state index contributed by atoms with van der Waals surface area (Å²) in [5, 5.41) is 0. The smallest absolute Gasteiger partial charge is 0.252 e. The molecule has 0 aromatic carbocycles. The summed E-state index contributed by atoms with van der Waals surface area (Å²) in [6.07, 6.45) is 0.852. The van der Waals surface area contributed by atoms with Gasteiger partial charge in [-0.3, -0.25) is 4.79 Å². The maximum absolute atomic E-state index is 12.0. The number of allylic oxidation sites excluding steroid dienone is 1. The topological polar surface area (TPSA) is 29.5 Å². The van der Waals surface area contributed by atoms with E-state index in [1.54, 1.807) is 0 Å². The van der Waals surface area contributed by atoms with Crippen LogP contribution >= 0.6 is 0 Å². The number of carbonyl (C=O) groups is 1. The maximum atomic E-state index is 12.0. The lowest BCUT2D eigenvalue weighted by molar-refractivity contribution is -0.138. The Morgan fingerprint density at radius 3 is 2.64 bits per heavy atom. The highest BCUT2D eigenvalue weighted by Crippen LogP contribution is 2.38.